The number of carbonyl (C=O) groups is 2. The Morgan fingerprint density at radius 3 is 2.85 bits per heavy atom. The highest BCUT2D eigenvalue weighted by Gasteiger charge is 2.13. The molecule has 0 atom stereocenters. The first kappa shape index (κ1) is 18.4. The summed E-state index contributed by atoms with van der Waals surface area (Å²) in [7, 11) is 0. The smallest absolute Gasteiger partial charge is 0.244 e. The molecule has 1 aromatic heterocycles. The van der Waals surface area contributed by atoms with E-state index in [0.29, 0.717) is 36.2 Å². The molecule has 1 aliphatic heterocycles. The maximum atomic E-state index is 11.7. The van der Waals surface area contributed by atoms with Crippen molar-refractivity contribution in [1.29, 1.82) is 0 Å². The molecule has 0 spiro atoms. The molecule has 8 heteroatoms. The summed E-state index contributed by atoms with van der Waals surface area (Å²) in [6, 6.07) is 8.78. The fourth-order valence-corrected chi connectivity index (χ4v) is 2.32. The topological polar surface area (TPSA) is 99.0 Å². The van der Waals surface area contributed by atoms with Crippen LogP contribution < -0.4 is 24.8 Å². The lowest BCUT2D eigenvalue weighted by Gasteiger charge is -2.08. The third kappa shape index (κ3) is 5.81. The molecule has 2 amide bonds. The Morgan fingerprint density at radius 2 is 2.00 bits per heavy atom. The third-order valence-corrected chi connectivity index (χ3v) is 3.63. The minimum atomic E-state index is -0.287. The van der Waals surface area contributed by atoms with E-state index in [2.05, 4.69) is 10.6 Å². The molecule has 2 aromatic rings. The number of amides is 2. The molecule has 27 heavy (non-hydrogen) atoms. The van der Waals surface area contributed by atoms with E-state index in [-0.39, 0.29) is 31.6 Å². The third-order valence-electron chi connectivity index (χ3n) is 3.63. The van der Waals surface area contributed by atoms with Gasteiger partial charge in [0.25, 0.3) is 0 Å². The van der Waals surface area contributed by atoms with Crippen LogP contribution in [0.15, 0.2) is 47.1 Å². The number of ether oxygens (including phenoxy) is 3. The Hall–Kier alpha value is -3.42. The quantitative estimate of drug-likeness (QED) is 0.514. The van der Waals surface area contributed by atoms with Crippen molar-refractivity contribution < 1.29 is 28.2 Å². The summed E-state index contributed by atoms with van der Waals surface area (Å²) < 4.78 is 21.1. The van der Waals surface area contributed by atoms with Crippen LogP contribution in [0.25, 0.3) is 6.08 Å². The molecule has 1 aliphatic rings. The molecule has 142 valence electrons. The number of rotatable bonds is 9. The first-order valence-corrected chi connectivity index (χ1v) is 8.49. The zero-order valence-corrected chi connectivity index (χ0v) is 14.6. The fourth-order valence-electron chi connectivity index (χ4n) is 2.32. The summed E-state index contributed by atoms with van der Waals surface area (Å²) in [4.78, 5) is 23.4. The summed E-state index contributed by atoms with van der Waals surface area (Å²) in [5.41, 5.74) is 0. The van der Waals surface area contributed by atoms with E-state index in [9.17, 15) is 9.59 Å². The number of hydrogen-bond acceptors (Lipinski definition) is 6. The van der Waals surface area contributed by atoms with Gasteiger partial charge in [0.1, 0.15) is 18.1 Å². The van der Waals surface area contributed by atoms with Crippen LogP contribution in [0.3, 0.4) is 0 Å². The first-order chi connectivity index (χ1) is 13.2. The molecule has 0 radical (unpaired) electrons. The average Bonchev–Trinajstić information content (AvgIpc) is 3.34. The van der Waals surface area contributed by atoms with Crippen molar-refractivity contribution in [3.8, 4) is 17.2 Å². The fraction of sp³-hybridized carbons (Fsp3) is 0.263. The van der Waals surface area contributed by atoms with Crippen LogP contribution in [-0.2, 0) is 9.59 Å². The summed E-state index contributed by atoms with van der Waals surface area (Å²) in [5, 5.41) is 5.36. The Morgan fingerprint density at radius 1 is 1.11 bits per heavy atom. The van der Waals surface area contributed by atoms with E-state index in [4.69, 9.17) is 18.6 Å². The highest BCUT2D eigenvalue weighted by atomic mass is 16.7. The van der Waals surface area contributed by atoms with Gasteiger partial charge >= 0.3 is 0 Å². The maximum Gasteiger partial charge on any atom is 0.244 e. The Bertz CT molecular complexity index is 801. The molecule has 2 N–H and O–H groups in total. The predicted molar refractivity (Wildman–Crippen MR) is 96.4 cm³/mol. The minimum absolute atomic E-state index is 0.167. The second-order valence-electron chi connectivity index (χ2n) is 5.60. The molecule has 0 saturated carbocycles. The number of benzene rings is 1. The van der Waals surface area contributed by atoms with Gasteiger partial charge in [-0.15, -0.1) is 0 Å². The lowest BCUT2D eigenvalue weighted by Crippen LogP contribution is -2.32. The minimum Gasteiger partial charge on any atom is -0.492 e. The van der Waals surface area contributed by atoms with Gasteiger partial charge < -0.3 is 29.3 Å². The van der Waals surface area contributed by atoms with Crippen LogP contribution in [0.1, 0.15) is 12.2 Å². The van der Waals surface area contributed by atoms with Crippen LogP contribution >= 0.6 is 0 Å². The average molecular weight is 372 g/mol. The normalized spacial score (nSPS) is 12.1. The van der Waals surface area contributed by atoms with Crippen molar-refractivity contribution in [3.05, 3.63) is 48.4 Å². The lowest BCUT2D eigenvalue weighted by atomic mass is 10.3. The molecule has 0 fully saturated rings. The van der Waals surface area contributed by atoms with Crippen molar-refractivity contribution in [3.63, 3.8) is 0 Å². The van der Waals surface area contributed by atoms with Gasteiger partial charge in [-0.1, -0.05) is 0 Å². The van der Waals surface area contributed by atoms with Gasteiger partial charge in [0.2, 0.25) is 18.6 Å². The predicted octanol–water partition coefficient (Wildman–Crippen LogP) is 1.72. The van der Waals surface area contributed by atoms with E-state index in [0.717, 1.165) is 0 Å². The Balaban J connectivity index is 1.26. The molecular formula is C19H20N2O6. The zero-order chi connectivity index (χ0) is 18.9. The van der Waals surface area contributed by atoms with Gasteiger partial charge in [0.15, 0.2) is 11.5 Å². The van der Waals surface area contributed by atoms with Crippen molar-refractivity contribution in [2.45, 2.75) is 6.42 Å². The van der Waals surface area contributed by atoms with E-state index in [1.807, 2.05) is 0 Å². The van der Waals surface area contributed by atoms with Crippen molar-refractivity contribution in [2.75, 3.05) is 26.5 Å². The number of fused-ring (bicyclic) bond motifs is 1. The monoisotopic (exact) mass is 372 g/mol. The largest absolute Gasteiger partial charge is 0.492 e. The highest BCUT2D eigenvalue weighted by Crippen LogP contribution is 2.34. The summed E-state index contributed by atoms with van der Waals surface area (Å²) in [5.74, 6) is 2.12. The number of furan rings is 1. The van der Waals surface area contributed by atoms with Crippen LogP contribution in [0, 0.1) is 0 Å². The van der Waals surface area contributed by atoms with Crippen molar-refractivity contribution in [2.24, 2.45) is 0 Å². The van der Waals surface area contributed by atoms with Gasteiger partial charge in [-0.3, -0.25) is 9.59 Å². The Labute approximate surface area is 156 Å². The second kappa shape index (κ2) is 9.33. The molecular weight excluding hydrogens is 352 g/mol. The standard InChI is InChI=1S/C19H20N2O6/c22-18(6-4-14-2-1-10-24-14)20-8-7-19(23)21-9-11-25-15-3-5-16-17(12-15)27-13-26-16/h1-6,10,12H,7-9,11,13H2,(H,20,22)(H,21,23). The van der Waals surface area contributed by atoms with Crippen LogP contribution in [0.5, 0.6) is 17.2 Å². The Kier molecular flexibility index (Phi) is 6.35. The number of nitrogens with one attached hydrogen (secondary N) is 2. The number of hydrogen-bond donors (Lipinski definition) is 2. The van der Waals surface area contributed by atoms with Gasteiger partial charge in [0, 0.05) is 25.1 Å². The molecule has 1 aromatic carbocycles. The van der Waals surface area contributed by atoms with Crippen molar-refractivity contribution >= 4 is 17.9 Å². The first-order valence-electron chi connectivity index (χ1n) is 8.49. The van der Waals surface area contributed by atoms with E-state index in [1.54, 1.807) is 36.4 Å². The molecule has 0 bridgehead atoms. The molecule has 0 aliphatic carbocycles. The molecule has 3 rings (SSSR count). The van der Waals surface area contributed by atoms with Gasteiger partial charge in [0.05, 0.1) is 12.8 Å². The van der Waals surface area contributed by atoms with Crippen molar-refractivity contribution in [1.82, 2.24) is 10.6 Å². The highest BCUT2D eigenvalue weighted by molar-refractivity contribution is 5.91. The summed E-state index contributed by atoms with van der Waals surface area (Å²) in [6.45, 7) is 1.14. The van der Waals surface area contributed by atoms with Crippen LogP contribution in [0.4, 0.5) is 0 Å². The molecule has 0 saturated heterocycles. The van der Waals surface area contributed by atoms with E-state index < -0.39 is 0 Å². The van der Waals surface area contributed by atoms with Gasteiger partial charge in [-0.25, -0.2) is 0 Å². The molecule has 0 unspecified atom stereocenters. The van der Waals surface area contributed by atoms with E-state index >= 15 is 0 Å². The summed E-state index contributed by atoms with van der Waals surface area (Å²) >= 11 is 0. The van der Waals surface area contributed by atoms with Crippen LogP contribution in [-0.4, -0.2) is 38.3 Å². The van der Waals surface area contributed by atoms with E-state index in [1.165, 1.54) is 12.3 Å². The maximum absolute atomic E-state index is 11.7. The molecule has 8 nitrogen and oxygen atoms in total. The SMILES string of the molecule is O=C(C=Cc1ccco1)NCCC(=O)NCCOc1ccc2c(c1)OCO2. The number of carbonyl (C=O) groups excluding carboxylic acids is 2. The molecule has 2 heterocycles. The van der Waals surface area contributed by atoms with Crippen LogP contribution in [0.2, 0.25) is 0 Å². The lowest BCUT2D eigenvalue weighted by molar-refractivity contribution is -0.121. The second-order valence-corrected chi connectivity index (χ2v) is 5.60. The van der Waals surface area contributed by atoms with Gasteiger partial charge in [-0.2, -0.15) is 0 Å². The van der Waals surface area contributed by atoms with Gasteiger partial charge in [-0.05, 0) is 30.3 Å². The zero-order valence-electron chi connectivity index (χ0n) is 14.6. The summed E-state index contributed by atoms with van der Waals surface area (Å²) in [6.07, 6.45) is 4.63.